The number of benzene rings is 1. The number of nitrogens with zero attached hydrogens (tertiary/aromatic N) is 1. The van der Waals surface area contributed by atoms with Gasteiger partial charge in [0.15, 0.2) is 0 Å². The molecule has 5 rings (SSSR count). The highest BCUT2D eigenvalue weighted by Gasteiger charge is 2.61. The first-order valence-corrected chi connectivity index (χ1v) is 8.21. The summed E-state index contributed by atoms with van der Waals surface area (Å²) in [6.45, 7) is 0. The Balaban J connectivity index is 0.00000192. The lowest BCUT2D eigenvalue weighted by molar-refractivity contribution is -0.136. The van der Waals surface area contributed by atoms with Gasteiger partial charge in [-0.05, 0) is 12.1 Å². The Hall–Kier alpha value is -2.94. The SMILES string of the molecule is C.O=C1C2C3C=CC(O3)[C@H]2C(=O)N1c1ccc2c(C(F)(F)F)cc(=O)[nH]c2c1. The second-order valence-electron chi connectivity index (χ2n) is 6.79. The summed E-state index contributed by atoms with van der Waals surface area (Å²) in [5.41, 5.74) is -1.96. The first kappa shape index (κ1) is 18.4. The molecular weight excluding hydrogens is 377 g/mol. The van der Waals surface area contributed by atoms with Crippen LogP contribution in [0.25, 0.3) is 10.9 Å². The maximum Gasteiger partial charge on any atom is 0.417 e. The number of carbonyl (C=O) groups is 2. The molecule has 9 heteroatoms. The number of amides is 2. The molecular formula is C19H15F3N2O4. The first-order valence-electron chi connectivity index (χ1n) is 8.21. The Kier molecular flexibility index (Phi) is 3.80. The predicted molar refractivity (Wildman–Crippen MR) is 93.6 cm³/mol. The van der Waals surface area contributed by atoms with Gasteiger partial charge in [0.05, 0.1) is 40.8 Å². The molecule has 0 spiro atoms. The zero-order valence-corrected chi connectivity index (χ0v) is 13.5. The van der Waals surface area contributed by atoms with E-state index >= 15 is 0 Å². The number of pyridine rings is 1. The molecule has 4 atom stereocenters. The van der Waals surface area contributed by atoms with Crippen LogP contribution in [0, 0.1) is 11.8 Å². The number of hydrogen-bond donors (Lipinski definition) is 1. The van der Waals surface area contributed by atoms with Crippen molar-refractivity contribution in [2.75, 3.05) is 4.90 Å². The predicted octanol–water partition coefficient (Wildman–Crippen LogP) is 2.63. The fourth-order valence-electron chi connectivity index (χ4n) is 4.18. The molecule has 1 aromatic heterocycles. The maximum absolute atomic E-state index is 13.2. The van der Waals surface area contributed by atoms with E-state index in [0.29, 0.717) is 6.07 Å². The third kappa shape index (κ3) is 2.35. The van der Waals surface area contributed by atoms with Crippen molar-refractivity contribution in [1.29, 1.82) is 0 Å². The number of anilines is 1. The number of alkyl halides is 3. The second kappa shape index (κ2) is 5.78. The molecule has 4 heterocycles. The monoisotopic (exact) mass is 392 g/mol. The van der Waals surface area contributed by atoms with Crippen molar-refractivity contribution in [1.82, 2.24) is 4.98 Å². The minimum Gasteiger partial charge on any atom is -0.365 e. The Bertz CT molecular complexity index is 1070. The number of hydrogen-bond acceptors (Lipinski definition) is 4. The number of halogens is 3. The van der Waals surface area contributed by atoms with E-state index in [2.05, 4.69) is 4.98 Å². The van der Waals surface area contributed by atoms with Gasteiger partial charge in [-0.1, -0.05) is 25.6 Å². The smallest absolute Gasteiger partial charge is 0.365 e. The number of imide groups is 1. The number of carbonyl (C=O) groups excluding carboxylic acids is 2. The molecule has 0 aliphatic carbocycles. The lowest BCUT2D eigenvalue weighted by Crippen LogP contribution is -2.34. The van der Waals surface area contributed by atoms with Crippen molar-refractivity contribution in [3.63, 3.8) is 0 Å². The number of H-pyrrole nitrogens is 1. The van der Waals surface area contributed by atoms with Crippen LogP contribution < -0.4 is 10.5 Å². The molecule has 28 heavy (non-hydrogen) atoms. The third-order valence-electron chi connectivity index (χ3n) is 5.30. The van der Waals surface area contributed by atoms with Gasteiger partial charge in [-0.3, -0.25) is 14.4 Å². The van der Waals surface area contributed by atoms with Crippen LogP contribution >= 0.6 is 0 Å². The highest BCUT2D eigenvalue weighted by Crippen LogP contribution is 2.46. The van der Waals surface area contributed by atoms with Crippen LogP contribution in [-0.2, 0) is 20.5 Å². The van der Waals surface area contributed by atoms with E-state index in [9.17, 15) is 27.6 Å². The summed E-state index contributed by atoms with van der Waals surface area (Å²) in [7, 11) is 0. The van der Waals surface area contributed by atoms with Gasteiger partial charge in [0.1, 0.15) is 0 Å². The quantitative estimate of drug-likeness (QED) is 0.598. The molecule has 0 saturated carbocycles. The highest BCUT2D eigenvalue weighted by molar-refractivity contribution is 6.23. The number of rotatable bonds is 1. The Morgan fingerprint density at radius 1 is 0.964 bits per heavy atom. The average Bonchev–Trinajstić information content (AvgIpc) is 3.26. The summed E-state index contributed by atoms with van der Waals surface area (Å²) in [5, 5.41) is -0.213. The maximum atomic E-state index is 13.2. The van der Waals surface area contributed by atoms with Gasteiger partial charge in [0, 0.05) is 11.5 Å². The molecule has 0 radical (unpaired) electrons. The van der Waals surface area contributed by atoms with Gasteiger partial charge in [0.25, 0.3) is 0 Å². The zero-order chi connectivity index (χ0) is 19.1. The summed E-state index contributed by atoms with van der Waals surface area (Å²) in [4.78, 5) is 40.5. The van der Waals surface area contributed by atoms with Gasteiger partial charge in [-0.2, -0.15) is 13.2 Å². The van der Waals surface area contributed by atoms with Crippen LogP contribution in [0.5, 0.6) is 0 Å². The fraction of sp³-hybridized carbons (Fsp3) is 0.316. The largest absolute Gasteiger partial charge is 0.417 e. The van der Waals surface area contributed by atoms with E-state index < -0.39 is 53.2 Å². The second-order valence-corrected chi connectivity index (χ2v) is 6.79. The van der Waals surface area contributed by atoms with Gasteiger partial charge >= 0.3 is 6.18 Å². The van der Waals surface area contributed by atoms with Crippen LogP contribution in [0.3, 0.4) is 0 Å². The van der Waals surface area contributed by atoms with E-state index in [-0.39, 0.29) is 24.0 Å². The van der Waals surface area contributed by atoms with E-state index in [4.69, 9.17) is 4.74 Å². The number of aromatic nitrogens is 1. The van der Waals surface area contributed by atoms with Gasteiger partial charge in [0.2, 0.25) is 17.4 Å². The molecule has 2 aromatic rings. The van der Waals surface area contributed by atoms with Crippen molar-refractivity contribution in [2.45, 2.75) is 25.8 Å². The van der Waals surface area contributed by atoms with Crippen LogP contribution in [0.1, 0.15) is 13.0 Å². The topological polar surface area (TPSA) is 79.5 Å². The van der Waals surface area contributed by atoms with E-state index in [1.54, 1.807) is 12.2 Å². The fourth-order valence-corrected chi connectivity index (χ4v) is 4.18. The molecule has 1 aromatic carbocycles. The van der Waals surface area contributed by atoms with Crippen molar-refractivity contribution in [3.8, 4) is 0 Å². The van der Waals surface area contributed by atoms with E-state index in [1.165, 1.54) is 12.1 Å². The van der Waals surface area contributed by atoms with Gasteiger partial charge in [-0.25, -0.2) is 4.90 Å². The number of nitrogens with one attached hydrogen (secondary N) is 1. The Morgan fingerprint density at radius 2 is 1.57 bits per heavy atom. The van der Waals surface area contributed by atoms with Crippen molar-refractivity contribution >= 4 is 28.4 Å². The van der Waals surface area contributed by atoms with Crippen molar-refractivity contribution in [3.05, 3.63) is 52.3 Å². The standard InChI is InChI=1S/C18H11F3N2O4.CH4/c19-18(20,21)9-6-13(24)22-10-5-7(1-2-8(9)10)23-16(25)14-11-3-4-12(27-11)15(14)17(23)26;/h1-6,11-12,14-15H,(H,22,24);1H4/t11?,12?,14-,15?;/m1./s1. The van der Waals surface area contributed by atoms with Crippen LogP contribution in [0.2, 0.25) is 0 Å². The minimum atomic E-state index is -4.70. The van der Waals surface area contributed by atoms with Crippen molar-refractivity contribution < 1.29 is 27.5 Å². The lowest BCUT2D eigenvalue weighted by Gasteiger charge is -2.18. The molecule has 1 N–H and O–H groups in total. The first-order chi connectivity index (χ1) is 12.8. The Morgan fingerprint density at radius 3 is 2.14 bits per heavy atom. The van der Waals surface area contributed by atoms with Crippen LogP contribution in [0.4, 0.5) is 18.9 Å². The summed E-state index contributed by atoms with van der Waals surface area (Å²) in [6, 6.07) is 4.14. The van der Waals surface area contributed by atoms with Crippen LogP contribution in [0.15, 0.2) is 41.2 Å². The molecule has 2 saturated heterocycles. The molecule has 146 valence electrons. The molecule has 2 fully saturated rings. The zero-order valence-electron chi connectivity index (χ0n) is 13.5. The Labute approximate surface area is 156 Å². The minimum absolute atomic E-state index is 0. The van der Waals surface area contributed by atoms with E-state index in [1.807, 2.05) is 0 Å². The lowest BCUT2D eigenvalue weighted by atomic mass is 9.85. The van der Waals surface area contributed by atoms with Gasteiger partial charge in [-0.15, -0.1) is 0 Å². The number of ether oxygens (including phenoxy) is 1. The van der Waals surface area contributed by atoms with Crippen molar-refractivity contribution in [2.24, 2.45) is 11.8 Å². The molecule has 3 aliphatic heterocycles. The molecule has 3 aliphatic rings. The third-order valence-corrected chi connectivity index (χ3v) is 5.30. The van der Waals surface area contributed by atoms with E-state index in [0.717, 1.165) is 11.0 Å². The summed E-state index contributed by atoms with van der Waals surface area (Å²) in [5.74, 6) is -2.14. The summed E-state index contributed by atoms with van der Waals surface area (Å²) < 4.78 is 45.1. The molecule has 2 amide bonds. The number of fused-ring (bicyclic) bond motifs is 6. The summed E-state index contributed by atoms with van der Waals surface area (Å²) in [6.07, 6.45) is -2.13. The molecule has 3 unspecified atom stereocenters. The molecule has 6 nitrogen and oxygen atoms in total. The average molecular weight is 392 g/mol. The normalized spacial score (nSPS) is 28.2. The number of aromatic amines is 1. The summed E-state index contributed by atoms with van der Waals surface area (Å²) >= 11 is 0. The van der Waals surface area contributed by atoms with Gasteiger partial charge < -0.3 is 9.72 Å². The highest BCUT2D eigenvalue weighted by atomic mass is 19.4. The van der Waals surface area contributed by atoms with Crippen LogP contribution in [-0.4, -0.2) is 29.0 Å². The molecule has 2 bridgehead atoms.